The summed E-state index contributed by atoms with van der Waals surface area (Å²) in [5.74, 6) is -0.197. The molecule has 1 atom stereocenters. The first-order chi connectivity index (χ1) is 9.65. The summed E-state index contributed by atoms with van der Waals surface area (Å²) in [6.07, 6.45) is 1.80. The van der Waals surface area contributed by atoms with Crippen molar-refractivity contribution in [2.75, 3.05) is 12.9 Å². The summed E-state index contributed by atoms with van der Waals surface area (Å²) in [5.41, 5.74) is 0.836. The number of unbranched alkanes of at least 4 members (excludes halogenated alkanes) is 1. The zero-order chi connectivity index (χ0) is 16.1. The lowest BCUT2D eigenvalue weighted by Gasteiger charge is -2.34. The van der Waals surface area contributed by atoms with Gasteiger partial charge in [-0.15, -0.1) is 0 Å². The summed E-state index contributed by atoms with van der Waals surface area (Å²) in [4.78, 5) is 0. The molecule has 0 fully saturated rings. The van der Waals surface area contributed by atoms with E-state index in [0.29, 0.717) is 17.9 Å². The predicted octanol–water partition coefficient (Wildman–Crippen LogP) is 4.11. The third-order valence-electron chi connectivity index (χ3n) is 3.57. The van der Waals surface area contributed by atoms with Crippen LogP contribution in [0.2, 0.25) is 5.02 Å². The maximum Gasteiger partial charge on any atom is 0.264 e. The lowest BCUT2D eigenvalue weighted by Crippen LogP contribution is -2.24. The second kappa shape index (κ2) is 7.58. The van der Waals surface area contributed by atoms with E-state index in [-0.39, 0.29) is 17.3 Å². The molecule has 0 saturated carbocycles. The van der Waals surface area contributed by atoms with Crippen LogP contribution in [-0.4, -0.2) is 25.8 Å². The van der Waals surface area contributed by atoms with Crippen molar-refractivity contribution in [3.8, 4) is 0 Å². The van der Waals surface area contributed by atoms with Crippen LogP contribution in [-0.2, 0) is 14.9 Å². The van der Waals surface area contributed by atoms with Gasteiger partial charge >= 0.3 is 0 Å². The minimum absolute atomic E-state index is 0.123. The van der Waals surface area contributed by atoms with Crippen molar-refractivity contribution in [2.45, 2.75) is 39.2 Å². The molecule has 0 saturated heterocycles. The summed E-state index contributed by atoms with van der Waals surface area (Å²) in [6.45, 7) is 4.16. The maximum atomic E-state index is 10.7. The van der Waals surface area contributed by atoms with Gasteiger partial charge < -0.3 is 4.74 Å². The van der Waals surface area contributed by atoms with E-state index < -0.39 is 10.1 Å². The van der Waals surface area contributed by atoms with E-state index in [1.54, 1.807) is 7.11 Å². The molecule has 1 aromatic rings. The number of benzene rings is 1. The predicted molar refractivity (Wildman–Crippen MR) is 85.2 cm³/mol. The Morgan fingerprint density at radius 1 is 1.33 bits per heavy atom. The molecule has 6 heteroatoms. The molecule has 1 unspecified atom stereocenters. The van der Waals surface area contributed by atoms with E-state index in [9.17, 15) is 8.42 Å². The van der Waals surface area contributed by atoms with Gasteiger partial charge in [-0.1, -0.05) is 44.0 Å². The maximum absolute atomic E-state index is 10.7. The fourth-order valence-electron chi connectivity index (χ4n) is 2.57. The second-order valence-corrected chi connectivity index (χ2v) is 7.91. The first-order valence-corrected chi connectivity index (χ1v) is 8.88. The monoisotopic (exact) mass is 334 g/mol. The van der Waals surface area contributed by atoms with Gasteiger partial charge in [-0.25, -0.2) is 0 Å². The highest BCUT2D eigenvalue weighted by molar-refractivity contribution is 7.85. The highest BCUT2D eigenvalue weighted by Crippen LogP contribution is 2.40. The van der Waals surface area contributed by atoms with Crippen LogP contribution in [0.4, 0.5) is 0 Å². The Bertz CT molecular complexity index is 555. The number of rotatable bonds is 8. The normalized spacial score (nSPS) is 14.1. The Balaban J connectivity index is 2.69. The van der Waals surface area contributed by atoms with Crippen LogP contribution in [0.5, 0.6) is 0 Å². The van der Waals surface area contributed by atoms with Crippen molar-refractivity contribution in [3.63, 3.8) is 0 Å². The van der Waals surface area contributed by atoms with Gasteiger partial charge in [-0.2, -0.15) is 8.42 Å². The molecule has 0 heterocycles. The molecule has 120 valence electrons. The van der Waals surface area contributed by atoms with Crippen molar-refractivity contribution >= 4 is 21.7 Å². The quantitative estimate of drug-likeness (QED) is 0.574. The van der Waals surface area contributed by atoms with Crippen molar-refractivity contribution in [3.05, 3.63) is 34.9 Å². The molecule has 0 aliphatic carbocycles. The minimum Gasteiger partial charge on any atom is -0.376 e. The van der Waals surface area contributed by atoms with Gasteiger partial charge in [0, 0.05) is 12.1 Å². The molecule has 0 bridgehead atoms. The van der Waals surface area contributed by atoms with Gasteiger partial charge in [0.1, 0.15) is 0 Å². The van der Waals surface area contributed by atoms with Gasteiger partial charge in [0.25, 0.3) is 10.1 Å². The van der Waals surface area contributed by atoms with Crippen LogP contribution < -0.4 is 0 Å². The van der Waals surface area contributed by atoms with Crippen LogP contribution in [0.15, 0.2) is 24.3 Å². The summed E-state index contributed by atoms with van der Waals surface area (Å²) in [5, 5.41) is 0.664. The molecule has 1 aromatic carbocycles. The molecule has 0 aliphatic heterocycles. The SMILES string of the molecule is COC(c1cccc(Cl)c1)C(C)(C)CCCCS(=O)(=O)O. The van der Waals surface area contributed by atoms with Crippen LogP contribution in [0, 0.1) is 5.41 Å². The zero-order valence-electron chi connectivity index (χ0n) is 12.7. The van der Waals surface area contributed by atoms with Crippen LogP contribution >= 0.6 is 11.6 Å². The third-order valence-corrected chi connectivity index (χ3v) is 4.61. The number of halogens is 1. The van der Waals surface area contributed by atoms with Gasteiger partial charge in [0.15, 0.2) is 0 Å². The van der Waals surface area contributed by atoms with Crippen molar-refractivity contribution in [2.24, 2.45) is 5.41 Å². The van der Waals surface area contributed by atoms with Crippen molar-refractivity contribution in [1.82, 2.24) is 0 Å². The molecule has 0 spiro atoms. The Labute approximate surface area is 132 Å². The van der Waals surface area contributed by atoms with E-state index in [1.807, 2.05) is 24.3 Å². The first kappa shape index (κ1) is 18.4. The fraction of sp³-hybridized carbons (Fsp3) is 0.600. The standard InChI is InChI=1S/C15H23ClO4S/c1-15(2,9-4-5-10-21(17,18)19)14(20-3)12-7-6-8-13(16)11-12/h6-8,11,14H,4-5,9-10H2,1-3H3,(H,17,18,19). The average Bonchev–Trinajstić information content (AvgIpc) is 2.34. The molecule has 0 radical (unpaired) electrons. The average molecular weight is 335 g/mol. The van der Waals surface area contributed by atoms with Gasteiger partial charge in [0.2, 0.25) is 0 Å². The molecule has 1 N–H and O–H groups in total. The number of ether oxygens (including phenoxy) is 1. The van der Waals surface area contributed by atoms with E-state index in [1.165, 1.54) is 0 Å². The van der Waals surface area contributed by atoms with E-state index >= 15 is 0 Å². The Kier molecular flexibility index (Phi) is 6.66. The highest BCUT2D eigenvalue weighted by Gasteiger charge is 2.30. The molecule has 0 aliphatic rings. The van der Waals surface area contributed by atoms with Crippen molar-refractivity contribution in [1.29, 1.82) is 0 Å². The number of hydrogen-bond donors (Lipinski definition) is 1. The summed E-state index contributed by atoms with van der Waals surface area (Å²) >= 11 is 6.02. The molecule has 0 amide bonds. The Morgan fingerprint density at radius 3 is 2.52 bits per heavy atom. The molecule has 4 nitrogen and oxygen atoms in total. The summed E-state index contributed by atoms with van der Waals surface area (Å²) in [7, 11) is -2.22. The lowest BCUT2D eigenvalue weighted by molar-refractivity contribution is -0.000757. The van der Waals surface area contributed by atoms with E-state index in [4.69, 9.17) is 20.9 Å². The Hall–Kier alpha value is -0.620. The third kappa shape index (κ3) is 6.34. The van der Waals surface area contributed by atoms with E-state index in [2.05, 4.69) is 13.8 Å². The summed E-state index contributed by atoms with van der Waals surface area (Å²) < 4.78 is 35.8. The highest BCUT2D eigenvalue weighted by atomic mass is 35.5. The van der Waals surface area contributed by atoms with E-state index in [0.717, 1.165) is 12.0 Å². The van der Waals surface area contributed by atoms with Crippen LogP contribution in [0.1, 0.15) is 44.8 Å². The molecule has 21 heavy (non-hydrogen) atoms. The topological polar surface area (TPSA) is 63.6 Å². The van der Waals surface area contributed by atoms with Gasteiger partial charge in [-0.3, -0.25) is 4.55 Å². The minimum atomic E-state index is -3.87. The van der Waals surface area contributed by atoms with Crippen LogP contribution in [0.25, 0.3) is 0 Å². The van der Waals surface area contributed by atoms with Crippen molar-refractivity contribution < 1.29 is 17.7 Å². The number of hydrogen-bond acceptors (Lipinski definition) is 3. The first-order valence-electron chi connectivity index (χ1n) is 6.89. The number of methoxy groups -OCH3 is 1. The van der Waals surface area contributed by atoms with Crippen LogP contribution in [0.3, 0.4) is 0 Å². The largest absolute Gasteiger partial charge is 0.376 e. The molecular formula is C15H23ClO4S. The smallest absolute Gasteiger partial charge is 0.264 e. The lowest BCUT2D eigenvalue weighted by atomic mass is 9.78. The molecule has 0 aromatic heterocycles. The molecular weight excluding hydrogens is 312 g/mol. The van der Waals surface area contributed by atoms with Gasteiger partial charge in [0.05, 0.1) is 11.9 Å². The van der Waals surface area contributed by atoms with Gasteiger partial charge in [-0.05, 0) is 36.0 Å². The second-order valence-electron chi connectivity index (χ2n) is 5.90. The summed E-state index contributed by atoms with van der Waals surface area (Å²) in [6, 6.07) is 7.56. The zero-order valence-corrected chi connectivity index (χ0v) is 14.2. The molecule has 1 rings (SSSR count). The fourth-order valence-corrected chi connectivity index (χ4v) is 3.34. The Morgan fingerprint density at radius 2 is 2.00 bits per heavy atom.